The number of hydrogen-bond acceptors (Lipinski definition) is 2. The highest BCUT2D eigenvalue weighted by molar-refractivity contribution is 9.10. The molecule has 18 heavy (non-hydrogen) atoms. The number of rotatable bonds is 5. The molecule has 3 heteroatoms. The zero-order valence-corrected chi connectivity index (χ0v) is 12.7. The van der Waals surface area contributed by atoms with Gasteiger partial charge in [0.2, 0.25) is 0 Å². The molecular weight excluding hydrogens is 288 g/mol. The van der Waals surface area contributed by atoms with E-state index >= 15 is 0 Å². The van der Waals surface area contributed by atoms with Crippen molar-refractivity contribution < 1.29 is 0 Å². The summed E-state index contributed by atoms with van der Waals surface area (Å²) in [6.45, 7) is 6.95. The van der Waals surface area contributed by atoms with Crippen molar-refractivity contribution in [3.05, 3.63) is 34.3 Å². The number of halogens is 1. The molecule has 1 heterocycles. The SMILES string of the molecule is CC(CN1CCCCC1)NCc1ccccc1Br. The molecule has 0 aliphatic carbocycles. The maximum absolute atomic E-state index is 3.62. The summed E-state index contributed by atoms with van der Waals surface area (Å²) in [5, 5.41) is 3.62. The lowest BCUT2D eigenvalue weighted by Gasteiger charge is -2.29. The van der Waals surface area contributed by atoms with Crippen LogP contribution < -0.4 is 5.32 Å². The van der Waals surface area contributed by atoms with Crippen molar-refractivity contribution in [3.8, 4) is 0 Å². The first-order valence-electron chi connectivity index (χ1n) is 6.95. The molecule has 2 nitrogen and oxygen atoms in total. The number of hydrogen-bond donors (Lipinski definition) is 1. The fourth-order valence-electron chi connectivity index (χ4n) is 2.52. The summed E-state index contributed by atoms with van der Waals surface area (Å²) in [5.74, 6) is 0. The molecule has 1 fully saturated rings. The Balaban J connectivity index is 1.74. The summed E-state index contributed by atoms with van der Waals surface area (Å²) in [6.07, 6.45) is 4.16. The van der Waals surface area contributed by atoms with E-state index in [-0.39, 0.29) is 0 Å². The molecule has 1 aliphatic rings. The van der Waals surface area contributed by atoms with Crippen LogP contribution in [0.5, 0.6) is 0 Å². The predicted octanol–water partition coefficient (Wildman–Crippen LogP) is 3.41. The summed E-state index contributed by atoms with van der Waals surface area (Å²) in [7, 11) is 0. The number of likely N-dealkylation sites (tertiary alicyclic amines) is 1. The Hall–Kier alpha value is -0.380. The monoisotopic (exact) mass is 310 g/mol. The molecule has 0 amide bonds. The van der Waals surface area contributed by atoms with Crippen LogP contribution in [0.25, 0.3) is 0 Å². The standard InChI is InChI=1S/C15H23BrN2/c1-13(12-18-9-5-2-6-10-18)17-11-14-7-3-4-8-15(14)16/h3-4,7-8,13,17H,2,5-6,9-12H2,1H3. The molecule has 1 aromatic carbocycles. The molecule has 0 radical (unpaired) electrons. The van der Waals surface area contributed by atoms with Gasteiger partial charge in [-0.15, -0.1) is 0 Å². The first-order chi connectivity index (χ1) is 8.75. The minimum atomic E-state index is 0.551. The van der Waals surface area contributed by atoms with Crippen LogP contribution in [0.1, 0.15) is 31.7 Å². The Labute approximate surface area is 119 Å². The van der Waals surface area contributed by atoms with Gasteiger partial charge in [-0.05, 0) is 44.5 Å². The van der Waals surface area contributed by atoms with E-state index in [1.54, 1.807) is 0 Å². The molecule has 0 saturated carbocycles. The molecule has 1 N–H and O–H groups in total. The lowest BCUT2D eigenvalue weighted by atomic mass is 10.1. The molecule has 0 aromatic heterocycles. The van der Waals surface area contributed by atoms with Crippen molar-refractivity contribution in [3.63, 3.8) is 0 Å². The van der Waals surface area contributed by atoms with Gasteiger partial charge in [0.1, 0.15) is 0 Å². The van der Waals surface area contributed by atoms with Crippen LogP contribution in [0.2, 0.25) is 0 Å². The van der Waals surface area contributed by atoms with Crippen LogP contribution >= 0.6 is 15.9 Å². The van der Waals surface area contributed by atoms with Crippen LogP contribution in [-0.2, 0) is 6.54 Å². The highest BCUT2D eigenvalue weighted by atomic mass is 79.9. The van der Waals surface area contributed by atoms with Crippen molar-refractivity contribution >= 4 is 15.9 Å². The lowest BCUT2D eigenvalue weighted by molar-refractivity contribution is 0.209. The highest BCUT2D eigenvalue weighted by Gasteiger charge is 2.13. The second-order valence-corrected chi connectivity index (χ2v) is 6.09. The number of benzene rings is 1. The molecule has 100 valence electrons. The molecule has 2 rings (SSSR count). The van der Waals surface area contributed by atoms with E-state index in [0.717, 1.165) is 6.54 Å². The van der Waals surface area contributed by atoms with Gasteiger partial charge in [-0.2, -0.15) is 0 Å². The van der Waals surface area contributed by atoms with Gasteiger partial charge in [0.25, 0.3) is 0 Å². The normalized spacial score (nSPS) is 18.8. The van der Waals surface area contributed by atoms with Gasteiger partial charge in [-0.25, -0.2) is 0 Å². The van der Waals surface area contributed by atoms with E-state index in [1.165, 1.54) is 48.9 Å². The van der Waals surface area contributed by atoms with E-state index < -0.39 is 0 Å². The van der Waals surface area contributed by atoms with Gasteiger partial charge in [-0.1, -0.05) is 40.5 Å². The molecule has 1 aliphatic heterocycles. The van der Waals surface area contributed by atoms with E-state index in [9.17, 15) is 0 Å². The largest absolute Gasteiger partial charge is 0.309 e. The van der Waals surface area contributed by atoms with Crippen LogP contribution in [-0.4, -0.2) is 30.6 Å². The minimum absolute atomic E-state index is 0.551. The third-order valence-electron chi connectivity index (χ3n) is 3.58. The van der Waals surface area contributed by atoms with Gasteiger partial charge in [0.15, 0.2) is 0 Å². The quantitative estimate of drug-likeness (QED) is 0.896. The number of piperidine rings is 1. The third kappa shape index (κ3) is 4.38. The fourth-order valence-corrected chi connectivity index (χ4v) is 2.94. The van der Waals surface area contributed by atoms with Gasteiger partial charge in [-0.3, -0.25) is 0 Å². The Bertz CT molecular complexity index is 361. The zero-order valence-electron chi connectivity index (χ0n) is 11.2. The second-order valence-electron chi connectivity index (χ2n) is 5.23. The maximum atomic E-state index is 3.62. The molecule has 0 bridgehead atoms. The Morgan fingerprint density at radius 2 is 1.94 bits per heavy atom. The Kier molecular flexibility index (Phi) is 5.67. The average Bonchev–Trinajstić information content (AvgIpc) is 2.39. The third-order valence-corrected chi connectivity index (χ3v) is 4.35. The first kappa shape index (κ1) is 14.0. The Morgan fingerprint density at radius 1 is 1.22 bits per heavy atom. The maximum Gasteiger partial charge on any atom is 0.0220 e. The van der Waals surface area contributed by atoms with Crippen LogP contribution in [0.15, 0.2) is 28.7 Å². The fraction of sp³-hybridized carbons (Fsp3) is 0.600. The minimum Gasteiger partial charge on any atom is -0.309 e. The molecule has 1 saturated heterocycles. The predicted molar refractivity (Wildman–Crippen MR) is 80.7 cm³/mol. The van der Waals surface area contributed by atoms with Gasteiger partial charge in [0, 0.05) is 23.6 Å². The zero-order chi connectivity index (χ0) is 12.8. The lowest BCUT2D eigenvalue weighted by Crippen LogP contribution is -2.41. The van der Waals surface area contributed by atoms with Crippen molar-refractivity contribution in [1.29, 1.82) is 0 Å². The second kappa shape index (κ2) is 7.27. The van der Waals surface area contributed by atoms with Crippen molar-refractivity contribution in [2.75, 3.05) is 19.6 Å². The van der Waals surface area contributed by atoms with Gasteiger partial charge >= 0.3 is 0 Å². The summed E-state index contributed by atoms with van der Waals surface area (Å²) in [6, 6.07) is 8.98. The van der Waals surface area contributed by atoms with Crippen molar-refractivity contribution in [1.82, 2.24) is 10.2 Å². The average molecular weight is 311 g/mol. The summed E-state index contributed by atoms with van der Waals surface area (Å²) in [4.78, 5) is 2.58. The van der Waals surface area contributed by atoms with Crippen molar-refractivity contribution in [2.24, 2.45) is 0 Å². The van der Waals surface area contributed by atoms with Crippen LogP contribution in [0.4, 0.5) is 0 Å². The van der Waals surface area contributed by atoms with E-state index in [0.29, 0.717) is 6.04 Å². The molecular formula is C15H23BrN2. The number of nitrogens with zero attached hydrogens (tertiary/aromatic N) is 1. The van der Waals surface area contributed by atoms with Crippen LogP contribution in [0, 0.1) is 0 Å². The van der Waals surface area contributed by atoms with E-state index in [4.69, 9.17) is 0 Å². The van der Waals surface area contributed by atoms with E-state index in [2.05, 4.69) is 57.3 Å². The smallest absolute Gasteiger partial charge is 0.0220 e. The Morgan fingerprint density at radius 3 is 2.67 bits per heavy atom. The highest BCUT2D eigenvalue weighted by Crippen LogP contribution is 2.15. The summed E-state index contributed by atoms with van der Waals surface area (Å²) >= 11 is 3.59. The van der Waals surface area contributed by atoms with Gasteiger partial charge in [0.05, 0.1) is 0 Å². The topological polar surface area (TPSA) is 15.3 Å². The van der Waals surface area contributed by atoms with Gasteiger partial charge < -0.3 is 10.2 Å². The molecule has 1 atom stereocenters. The summed E-state index contributed by atoms with van der Waals surface area (Å²) in [5.41, 5.74) is 1.34. The van der Waals surface area contributed by atoms with Crippen LogP contribution in [0.3, 0.4) is 0 Å². The molecule has 0 spiro atoms. The number of nitrogens with one attached hydrogen (secondary N) is 1. The summed E-state index contributed by atoms with van der Waals surface area (Å²) < 4.78 is 1.20. The molecule has 1 aromatic rings. The van der Waals surface area contributed by atoms with E-state index in [1.807, 2.05) is 0 Å². The van der Waals surface area contributed by atoms with Crippen molar-refractivity contribution in [2.45, 2.75) is 38.8 Å². The molecule has 1 unspecified atom stereocenters. The first-order valence-corrected chi connectivity index (χ1v) is 7.74.